The fourth-order valence-electron chi connectivity index (χ4n) is 3.92. The molecular formula is C23H26N6O3S. The molecule has 1 aliphatic rings. The highest BCUT2D eigenvalue weighted by Gasteiger charge is 2.23. The molecule has 0 bridgehead atoms. The summed E-state index contributed by atoms with van der Waals surface area (Å²) in [6.45, 7) is 7.24. The number of nitrogens with zero attached hydrogens (tertiary/aromatic N) is 5. The lowest BCUT2D eigenvalue weighted by molar-refractivity contribution is 0.0695. The third kappa shape index (κ3) is 4.65. The van der Waals surface area contributed by atoms with E-state index >= 15 is 0 Å². The summed E-state index contributed by atoms with van der Waals surface area (Å²) >= 11 is 5.63. The van der Waals surface area contributed by atoms with Gasteiger partial charge < -0.3 is 24.8 Å². The molecule has 1 aliphatic heterocycles. The van der Waals surface area contributed by atoms with Gasteiger partial charge in [0.25, 0.3) is 0 Å². The highest BCUT2D eigenvalue weighted by molar-refractivity contribution is 7.80. The minimum Gasteiger partial charge on any atom is -0.477 e. The molecule has 3 heterocycles. The summed E-state index contributed by atoms with van der Waals surface area (Å²) in [6.07, 6.45) is 2.78. The van der Waals surface area contributed by atoms with Gasteiger partial charge in [0.05, 0.1) is 11.4 Å². The van der Waals surface area contributed by atoms with Crippen LogP contribution >= 0.6 is 12.2 Å². The van der Waals surface area contributed by atoms with Gasteiger partial charge in [-0.25, -0.2) is 9.78 Å². The van der Waals surface area contributed by atoms with Crippen molar-refractivity contribution >= 4 is 40.3 Å². The molecule has 1 fully saturated rings. The first-order valence-corrected chi connectivity index (χ1v) is 11.3. The van der Waals surface area contributed by atoms with Crippen LogP contribution < -0.4 is 15.6 Å². The molecule has 0 amide bonds. The standard InChI is InChI=1S/C23H26N6O3S/c1-3-27-14-18(21(31)32)19(30)17-13-24-22(26-20(17)27)28-9-11-29(12-10-28)23(33)25-15(2)16-7-5-4-6-8-16/h4-8,13-15H,3,9-12H2,1-2H3,(H,25,33)(H,31,32)/t15-/m1/s1. The third-order valence-electron chi connectivity index (χ3n) is 5.86. The average molecular weight is 467 g/mol. The highest BCUT2D eigenvalue weighted by Crippen LogP contribution is 2.17. The molecule has 9 nitrogen and oxygen atoms in total. The number of nitrogens with one attached hydrogen (secondary N) is 1. The summed E-state index contributed by atoms with van der Waals surface area (Å²) in [5.41, 5.74) is 0.771. The first kappa shape index (κ1) is 22.7. The number of anilines is 1. The van der Waals surface area contributed by atoms with Gasteiger partial charge in [-0.2, -0.15) is 4.98 Å². The Labute approximate surface area is 196 Å². The van der Waals surface area contributed by atoms with E-state index in [0.29, 0.717) is 49.4 Å². The van der Waals surface area contributed by atoms with Gasteiger partial charge in [0.2, 0.25) is 11.4 Å². The lowest BCUT2D eigenvalue weighted by atomic mass is 10.1. The van der Waals surface area contributed by atoms with E-state index in [1.807, 2.05) is 25.1 Å². The van der Waals surface area contributed by atoms with Crippen molar-refractivity contribution in [3.8, 4) is 0 Å². The molecule has 2 N–H and O–H groups in total. The Balaban J connectivity index is 1.46. The number of carboxylic acid groups (broad SMARTS) is 1. The average Bonchev–Trinajstić information content (AvgIpc) is 2.84. The van der Waals surface area contributed by atoms with Gasteiger partial charge in [-0.3, -0.25) is 4.79 Å². The van der Waals surface area contributed by atoms with Crippen molar-refractivity contribution in [3.63, 3.8) is 0 Å². The van der Waals surface area contributed by atoms with Crippen molar-refractivity contribution in [3.05, 3.63) is 64.1 Å². The Morgan fingerprint density at radius 3 is 2.55 bits per heavy atom. The Morgan fingerprint density at radius 1 is 1.21 bits per heavy atom. The number of piperazine rings is 1. The molecule has 33 heavy (non-hydrogen) atoms. The molecular weight excluding hydrogens is 440 g/mol. The van der Waals surface area contributed by atoms with Crippen molar-refractivity contribution in [2.75, 3.05) is 31.1 Å². The smallest absolute Gasteiger partial charge is 0.341 e. The van der Waals surface area contributed by atoms with E-state index in [9.17, 15) is 14.7 Å². The summed E-state index contributed by atoms with van der Waals surface area (Å²) in [5, 5.41) is 13.6. The number of benzene rings is 1. The van der Waals surface area contributed by atoms with Crippen molar-refractivity contribution in [2.45, 2.75) is 26.4 Å². The predicted octanol–water partition coefficient (Wildman–Crippen LogP) is 2.27. The minimum atomic E-state index is -1.25. The topological polar surface area (TPSA) is 104 Å². The van der Waals surface area contributed by atoms with Crippen molar-refractivity contribution in [1.29, 1.82) is 0 Å². The van der Waals surface area contributed by atoms with E-state index in [-0.39, 0.29) is 17.0 Å². The molecule has 1 aromatic carbocycles. The molecule has 0 radical (unpaired) electrons. The molecule has 1 saturated heterocycles. The molecule has 172 valence electrons. The minimum absolute atomic E-state index is 0.113. The largest absolute Gasteiger partial charge is 0.477 e. The van der Waals surface area contributed by atoms with Gasteiger partial charge in [0, 0.05) is 45.1 Å². The number of aromatic carboxylic acids is 1. The zero-order valence-corrected chi connectivity index (χ0v) is 19.4. The quantitative estimate of drug-likeness (QED) is 0.548. The Bertz CT molecular complexity index is 1240. The number of aryl methyl sites for hydroxylation is 1. The summed E-state index contributed by atoms with van der Waals surface area (Å²) in [5.74, 6) is -0.737. The van der Waals surface area contributed by atoms with Crippen LogP contribution in [-0.2, 0) is 6.54 Å². The number of hydrogen-bond acceptors (Lipinski definition) is 6. The molecule has 10 heteroatoms. The first-order valence-electron chi connectivity index (χ1n) is 10.9. The SMILES string of the molecule is CCn1cc(C(=O)O)c(=O)c2cnc(N3CCN(C(=S)N[C@H](C)c4ccccc4)CC3)nc21. The maximum Gasteiger partial charge on any atom is 0.341 e. The Kier molecular flexibility index (Phi) is 6.55. The van der Waals surface area contributed by atoms with Crippen LogP contribution in [0.3, 0.4) is 0 Å². The van der Waals surface area contributed by atoms with Crippen molar-refractivity contribution in [2.24, 2.45) is 0 Å². The molecule has 0 aliphatic carbocycles. The van der Waals surface area contributed by atoms with Crippen LogP contribution in [0.4, 0.5) is 5.95 Å². The van der Waals surface area contributed by atoms with Crippen LogP contribution in [0.2, 0.25) is 0 Å². The van der Waals surface area contributed by atoms with Crippen molar-refractivity contribution < 1.29 is 9.90 Å². The van der Waals surface area contributed by atoms with Gasteiger partial charge in [0.1, 0.15) is 11.2 Å². The van der Waals surface area contributed by atoms with E-state index in [4.69, 9.17) is 12.2 Å². The van der Waals surface area contributed by atoms with E-state index in [0.717, 1.165) is 0 Å². The van der Waals surface area contributed by atoms with Gasteiger partial charge in [-0.15, -0.1) is 0 Å². The van der Waals surface area contributed by atoms with Crippen LogP contribution in [0.5, 0.6) is 0 Å². The second-order valence-corrected chi connectivity index (χ2v) is 8.31. The van der Waals surface area contributed by atoms with Crippen LogP contribution in [0.25, 0.3) is 11.0 Å². The highest BCUT2D eigenvalue weighted by atomic mass is 32.1. The number of thiocarbonyl (C=S) groups is 1. The molecule has 0 saturated carbocycles. The van der Waals surface area contributed by atoms with Crippen molar-refractivity contribution in [1.82, 2.24) is 24.8 Å². The van der Waals surface area contributed by atoms with E-state index < -0.39 is 11.4 Å². The number of pyridine rings is 1. The number of hydrogen-bond donors (Lipinski definition) is 2. The number of fused-ring (bicyclic) bond motifs is 1. The summed E-state index contributed by atoms with van der Waals surface area (Å²) < 4.78 is 1.67. The molecule has 0 spiro atoms. The van der Waals surface area contributed by atoms with Gasteiger partial charge in [0.15, 0.2) is 5.11 Å². The van der Waals surface area contributed by atoms with Crippen LogP contribution in [0, 0.1) is 0 Å². The molecule has 4 rings (SSSR count). The summed E-state index contributed by atoms with van der Waals surface area (Å²) in [6, 6.07) is 10.3. The van der Waals surface area contributed by atoms with Gasteiger partial charge >= 0.3 is 5.97 Å². The zero-order valence-electron chi connectivity index (χ0n) is 18.6. The zero-order chi connectivity index (χ0) is 23.5. The lowest BCUT2D eigenvalue weighted by Crippen LogP contribution is -2.52. The van der Waals surface area contributed by atoms with Crippen LogP contribution in [0.15, 0.2) is 47.5 Å². The van der Waals surface area contributed by atoms with E-state index in [2.05, 4.69) is 44.1 Å². The first-order chi connectivity index (χ1) is 15.9. The maximum atomic E-state index is 12.5. The molecule has 2 aromatic heterocycles. The molecule has 3 aromatic rings. The van der Waals surface area contributed by atoms with Gasteiger partial charge in [-0.05, 0) is 31.6 Å². The van der Waals surface area contributed by atoms with Crippen LogP contribution in [-0.4, -0.2) is 61.8 Å². The fraction of sp³-hybridized carbons (Fsp3) is 0.348. The van der Waals surface area contributed by atoms with E-state index in [1.165, 1.54) is 18.0 Å². The monoisotopic (exact) mass is 466 g/mol. The third-order valence-corrected chi connectivity index (χ3v) is 6.24. The predicted molar refractivity (Wildman–Crippen MR) is 131 cm³/mol. The number of aromatic nitrogens is 3. The number of carboxylic acids is 1. The second kappa shape index (κ2) is 9.53. The maximum absolute atomic E-state index is 12.5. The Hall–Kier alpha value is -3.53. The fourth-order valence-corrected chi connectivity index (χ4v) is 4.28. The summed E-state index contributed by atoms with van der Waals surface area (Å²) in [4.78, 5) is 37.1. The molecule has 0 unspecified atom stereocenters. The molecule has 1 atom stereocenters. The van der Waals surface area contributed by atoms with Gasteiger partial charge in [-0.1, -0.05) is 30.3 Å². The van der Waals surface area contributed by atoms with Crippen LogP contribution in [0.1, 0.15) is 35.8 Å². The Morgan fingerprint density at radius 2 is 1.91 bits per heavy atom. The normalized spacial score (nSPS) is 14.8. The lowest BCUT2D eigenvalue weighted by Gasteiger charge is -2.37. The van der Waals surface area contributed by atoms with E-state index in [1.54, 1.807) is 4.57 Å². The second-order valence-electron chi connectivity index (χ2n) is 7.93. The summed E-state index contributed by atoms with van der Waals surface area (Å²) in [7, 11) is 0. The number of rotatable bonds is 5. The number of carbonyl (C=O) groups is 1.